The van der Waals surface area contributed by atoms with Gasteiger partial charge in [0.1, 0.15) is 17.9 Å². The number of nitrogens with one attached hydrogen (secondary N) is 2. The summed E-state index contributed by atoms with van der Waals surface area (Å²) in [4.78, 5) is 28.6. The predicted octanol–water partition coefficient (Wildman–Crippen LogP) is 2.58. The van der Waals surface area contributed by atoms with Crippen LogP contribution in [-0.4, -0.2) is 65.0 Å². The van der Waals surface area contributed by atoms with Crippen molar-refractivity contribution in [3.63, 3.8) is 0 Å². The number of nitrogens with two attached hydrogens (primary N) is 1. The summed E-state index contributed by atoms with van der Waals surface area (Å²) in [7, 11) is 0. The minimum atomic E-state index is -4.66. The molecule has 1 aromatic rings. The quantitative estimate of drug-likeness (QED) is 0.506. The van der Waals surface area contributed by atoms with Gasteiger partial charge in [0.25, 0.3) is 0 Å². The molecule has 182 valence electrons. The lowest BCUT2D eigenvalue weighted by molar-refractivity contribution is -0.264. The van der Waals surface area contributed by atoms with E-state index in [1.165, 1.54) is 18.3 Å². The Kier molecular flexibility index (Phi) is 8.73. The second kappa shape index (κ2) is 10.1. The van der Waals surface area contributed by atoms with E-state index in [0.29, 0.717) is 5.56 Å². The molecule has 0 unspecified atom stereocenters. The standard InChI is InChI=1S/C17H21F6N5O3.ClH/c1-15(2,17(21,22)23)31-8-10(24)13(29)27-12-5-9(3-4-25-12)6-28-7-11(16(18,19)20)26-14(28)30;/h3-5,10-11H,6-8,24H2,1-2H3,(H,26,30)(H,25,27,29);1H/t10-,11-;/m0./s1. The highest BCUT2D eigenvalue weighted by Gasteiger charge is 2.49. The van der Waals surface area contributed by atoms with Crippen molar-refractivity contribution >= 4 is 30.2 Å². The highest BCUT2D eigenvalue weighted by Crippen LogP contribution is 2.32. The van der Waals surface area contributed by atoms with Crippen LogP contribution in [0.3, 0.4) is 0 Å². The molecule has 1 aliphatic rings. The third kappa shape index (κ3) is 7.10. The van der Waals surface area contributed by atoms with Gasteiger partial charge in [-0.25, -0.2) is 9.78 Å². The fourth-order valence-electron chi connectivity index (χ4n) is 2.45. The van der Waals surface area contributed by atoms with Crippen molar-refractivity contribution in [1.29, 1.82) is 0 Å². The lowest BCUT2D eigenvalue weighted by Crippen LogP contribution is -2.47. The molecule has 1 saturated heterocycles. The molecule has 0 radical (unpaired) electrons. The number of rotatable bonds is 7. The first-order valence-corrected chi connectivity index (χ1v) is 8.94. The number of aromatic nitrogens is 1. The molecule has 1 aromatic heterocycles. The van der Waals surface area contributed by atoms with Gasteiger partial charge >= 0.3 is 18.4 Å². The molecule has 2 heterocycles. The minimum absolute atomic E-state index is 0. The first kappa shape index (κ1) is 27.7. The number of ether oxygens (including phenoxy) is 1. The first-order valence-electron chi connectivity index (χ1n) is 8.94. The zero-order valence-corrected chi connectivity index (χ0v) is 17.7. The Balaban J connectivity index is 0.00000512. The van der Waals surface area contributed by atoms with Crippen molar-refractivity contribution in [2.24, 2.45) is 5.73 Å². The van der Waals surface area contributed by atoms with Crippen molar-refractivity contribution in [2.75, 3.05) is 18.5 Å². The van der Waals surface area contributed by atoms with Gasteiger partial charge in [0, 0.05) is 12.7 Å². The third-order valence-electron chi connectivity index (χ3n) is 4.48. The van der Waals surface area contributed by atoms with Crippen molar-refractivity contribution < 1.29 is 40.7 Å². The highest BCUT2D eigenvalue weighted by atomic mass is 35.5. The Bertz CT molecular complexity index is 821. The molecule has 15 heteroatoms. The Hall–Kier alpha value is -2.32. The van der Waals surface area contributed by atoms with E-state index in [9.17, 15) is 35.9 Å². The van der Waals surface area contributed by atoms with Gasteiger partial charge in [0.05, 0.1) is 13.2 Å². The Morgan fingerprint density at radius 2 is 1.97 bits per heavy atom. The second-order valence-corrected chi connectivity index (χ2v) is 7.39. The van der Waals surface area contributed by atoms with Crippen LogP contribution in [0.1, 0.15) is 19.4 Å². The molecule has 32 heavy (non-hydrogen) atoms. The Morgan fingerprint density at radius 1 is 1.34 bits per heavy atom. The largest absolute Gasteiger partial charge is 0.416 e. The fraction of sp³-hybridized carbons (Fsp3) is 0.588. The van der Waals surface area contributed by atoms with Crippen molar-refractivity contribution in [2.45, 2.75) is 50.4 Å². The highest BCUT2D eigenvalue weighted by molar-refractivity contribution is 5.94. The molecule has 1 fully saturated rings. The van der Waals surface area contributed by atoms with Crippen LogP contribution in [0.25, 0.3) is 0 Å². The maximum Gasteiger partial charge on any atom is 0.416 e. The molecule has 0 saturated carbocycles. The van der Waals surface area contributed by atoms with Crippen LogP contribution < -0.4 is 16.4 Å². The van der Waals surface area contributed by atoms with Gasteiger partial charge in [-0.15, -0.1) is 12.4 Å². The molecule has 2 rings (SSSR count). The van der Waals surface area contributed by atoms with Crippen LogP contribution in [0.15, 0.2) is 18.3 Å². The molecule has 4 N–H and O–H groups in total. The number of carbonyl (C=O) groups is 2. The number of pyridine rings is 1. The summed E-state index contributed by atoms with van der Waals surface area (Å²) in [5.74, 6) is -0.918. The van der Waals surface area contributed by atoms with E-state index in [0.717, 1.165) is 18.7 Å². The van der Waals surface area contributed by atoms with E-state index in [-0.39, 0.29) is 24.8 Å². The minimum Gasteiger partial charge on any atom is -0.364 e. The zero-order valence-electron chi connectivity index (χ0n) is 16.9. The molecular formula is C17H22ClF6N5O3. The number of amides is 3. The maximum absolute atomic E-state index is 12.8. The average Bonchev–Trinajstić information content (AvgIpc) is 3.00. The van der Waals surface area contributed by atoms with E-state index in [1.807, 2.05) is 5.32 Å². The number of anilines is 1. The van der Waals surface area contributed by atoms with Crippen LogP contribution in [0.5, 0.6) is 0 Å². The molecule has 3 amide bonds. The summed E-state index contributed by atoms with van der Waals surface area (Å²) < 4.78 is 81.3. The van der Waals surface area contributed by atoms with E-state index < -0.39 is 55.1 Å². The third-order valence-corrected chi connectivity index (χ3v) is 4.48. The van der Waals surface area contributed by atoms with Crippen LogP contribution in [-0.2, 0) is 16.1 Å². The number of alkyl halides is 6. The lowest BCUT2D eigenvalue weighted by Gasteiger charge is -2.29. The van der Waals surface area contributed by atoms with E-state index in [1.54, 1.807) is 0 Å². The number of urea groups is 1. The number of hydrogen-bond donors (Lipinski definition) is 3. The van der Waals surface area contributed by atoms with Gasteiger partial charge < -0.3 is 26.0 Å². The monoisotopic (exact) mass is 493 g/mol. The number of carbonyl (C=O) groups excluding carboxylic acids is 2. The number of hydrogen-bond acceptors (Lipinski definition) is 5. The van der Waals surface area contributed by atoms with E-state index >= 15 is 0 Å². The maximum atomic E-state index is 12.8. The van der Waals surface area contributed by atoms with Gasteiger partial charge in [0.15, 0.2) is 5.60 Å². The summed E-state index contributed by atoms with van der Waals surface area (Å²) in [6.45, 7) is 0.105. The summed E-state index contributed by atoms with van der Waals surface area (Å²) in [5.41, 5.74) is 3.42. The van der Waals surface area contributed by atoms with Gasteiger partial charge in [-0.05, 0) is 31.5 Å². The second-order valence-electron chi connectivity index (χ2n) is 7.39. The molecule has 0 spiro atoms. The molecular weight excluding hydrogens is 472 g/mol. The van der Waals surface area contributed by atoms with Crippen molar-refractivity contribution in [3.05, 3.63) is 23.9 Å². The van der Waals surface area contributed by atoms with Crippen LogP contribution in [0.2, 0.25) is 0 Å². The van der Waals surface area contributed by atoms with Crippen LogP contribution >= 0.6 is 12.4 Å². The summed E-state index contributed by atoms with van der Waals surface area (Å²) >= 11 is 0. The topological polar surface area (TPSA) is 110 Å². The number of nitrogens with zero attached hydrogens (tertiary/aromatic N) is 2. The van der Waals surface area contributed by atoms with Gasteiger partial charge in [-0.3, -0.25) is 4.79 Å². The molecule has 1 aliphatic heterocycles. The Morgan fingerprint density at radius 3 is 2.50 bits per heavy atom. The van der Waals surface area contributed by atoms with Crippen LogP contribution in [0.4, 0.5) is 37.0 Å². The summed E-state index contributed by atoms with van der Waals surface area (Å²) in [5, 5.41) is 4.12. The molecule has 0 bridgehead atoms. The van der Waals surface area contributed by atoms with Gasteiger partial charge in [-0.2, -0.15) is 26.3 Å². The summed E-state index contributed by atoms with van der Waals surface area (Å²) in [6, 6.07) is -1.59. The van der Waals surface area contributed by atoms with Crippen molar-refractivity contribution in [1.82, 2.24) is 15.2 Å². The normalized spacial score (nSPS) is 18.1. The van der Waals surface area contributed by atoms with Crippen molar-refractivity contribution in [3.8, 4) is 0 Å². The van der Waals surface area contributed by atoms with E-state index in [2.05, 4.69) is 10.3 Å². The average molecular weight is 494 g/mol. The Labute approximate surface area is 185 Å². The molecule has 2 atom stereocenters. The predicted molar refractivity (Wildman–Crippen MR) is 103 cm³/mol. The molecule has 0 aromatic carbocycles. The zero-order chi connectivity index (χ0) is 23.6. The molecule has 0 aliphatic carbocycles. The first-order chi connectivity index (χ1) is 14.1. The summed E-state index contributed by atoms with van der Waals surface area (Å²) in [6.07, 6.45) is -8.00. The van der Waals surface area contributed by atoms with Gasteiger partial charge in [-0.1, -0.05) is 0 Å². The van der Waals surface area contributed by atoms with Crippen LogP contribution in [0, 0.1) is 0 Å². The molecule has 8 nitrogen and oxygen atoms in total. The van der Waals surface area contributed by atoms with E-state index in [4.69, 9.17) is 10.5 Å². The smallest absolute Gasteiger partial charge is 0.364 e. The SMILES string of the molecule is CC(C)(OC[C@H](N)C(=O)Nc1cc(CN2C[C@@H](C(F)(F)F)NC2=O)ccn1)C(F)(F)F.Cl. The number of halogens is 7. The lowest BCUT2D eigenvalue weighted by atomic mass is 10.1. The van der Waals surface area contributed by atoms with Gasteiger partial charge in [0.2, 0.25) is 5.91 Å². The fourth-order valence-corrected chi connectivity index (χ4v) is 2.45.